The van der Waals surface area contributed by atoms with Crippen LogP contribution in [0, 0.1) is 11.8 Å². The van der Waals surface area contributed by atoms with Crippen molar-refractivity contribution in [3.05, 3.63) is 18.0 Å². The molecular formula is C19H29N3O3S. The molecule has 0 radical (unpaired) electrons. The van der Waals surface area contributed by atoms with Crippen molar-refractivity contribution in [2.24, 2.45) is 11.8 Å². The van der Waals surface area contributed by atoms with Crippen LogP contribution in [-0.4, -0.2) is 54.2 Å². The normalized spacial score (nSPS) is 30.3. The summed E-state index contributed by atoms with van der Waals surface area (Å²) >= 11 is 0. The molecular weight excluding hydrogens is 350 g/mol. The van der Waals surface area contributed by atoms with Gasteiger partial charge in [-0.1, -0.05) is 6.92 Å². The molecule has 6 nitrogen and oxygen atoms in total. The molecule has 1 aromatic rings. The van der Waals surface area contributed by atoms with Crippen molar-refractivity contribution in [2.45, 2.75) is 62.8 Å². The van der Waals surface area contributed by atoms with Gasteiger partial charge in [0.2, 0.25) is 10.0 Å². The minimum absolute atomic E-state index is 0.0908. The van der Waals surface area contributed by atoms with E-state index in [0.717, 1.165) is 58.0 Å². The highest BCUT2D eigenvalue weighted by Gasteiger charge is 2.41. The van der Waals surface area contributed by atoms with Gasteiger partial charge in [-0.05, 0) is 62.8 Å². The molecule has 1 aromatic heterocycles. The minimum atomic E-state index is -3.55. The summed E-state index contributed by atoms with van der Waals surface area (Å²) in [5, 5.41) is 0. The van der Waals surface area contributed by atoms with E-state index in [1.54, 1.807) is 9.21 Å². The third-order valence-electron chi connectivity index (χ3n) is 6.41. The Morgan fingerprint density at radius 1 is 1.12 bits per heavy atom. The van der Waals surface area contributed by atoms with Crippen molar-refractivity contribution in [3.63, 3.8) is 0 Å². The van der Waals surface area contributed by atoms with E-state index in [1.165, 1.54) is 12.3 Å². The van der Waals surface area contributed by atoms with Gasteiger partial charge in [-0.2, -0.15) is 4.31 Å². The van der Waals surface area contributed by atoms with Crippen molar-refractivity contribution in [3.8, 4) is 0 Å². The maximum atomic E-state index is 13.3. The molecule has 3 atom stereocenters. The monoisotopic (exact) mass is 379 g/mol. The quantitative estimate of drug-likeness (QED) is 0.878. The Morgan fingerprint density at radius 2 is 1.88 bits per heavy atom. The lowest BCUT2D eigenvalue weighted by Gasteiger charge is -2.44. The number of nitrogens with one attached hydrogen (secondary N) is 1. The zero-order valence-electron chi connectivity index (χ0n) is 15.5. The maximum absolute atomic E-state index is 13.3. The molecule has 0 unspecified atom stereocenters. The molecule has 3 heterocycles. The van der Waals surface area contributed by atoms with Crippen LogP contribution < -0.4 is 0 Å². The Labute approximate surface area is 156 Å². The number of aromatic amines is 1. The van der Waals surface area contributed by atoms with E-state index in [-0.39, 0.29) is 16.8 Å². The summed E-state index contributed by atoms with van der Waals surface area (Å²) in [6.45, 7) is 4.38. The van der Waals surface area contributed by atoms with Crippen molar-refractivity contribution in [2.75, 3.05) is 19.6 Å². The molecule has 7 heteroatoms. The zero-order valence-corrected chi connectivity index (χ0v) is 16.3. The Kier molecular flexibility index (Phi) is 4.86. The standard InChI is InChI=1S/C19H29N3O3S/c1-14-6-7-18-15(11-14)5-4-10-22(18)26(24,25)16-12-17(20-13-16)19(23)21-8-2-3-9-21/h12-15,18,20H,2-11H2,1H3/t14-,15+,18+/m1/s1. The van der Waals surface area contributed by atoms with Crippen molar-refractivity contribution < 1.29 is 13.2 Å². The smallest absolute Gasteiger partial charge is 0.270 e. The summed E-state index contributed by atoms with van der Waals surface area (Å²) in [4.78, 5) is 17.5. The highest BCUT2D eigenvalue weighted by atomic mass is 32.2. The first-order valence-electron chi connectivity index (χ1n) is 9.96. The average molecular weight is 380 g/mol. The predicted molar refractivity (Wildman–Crippen MR) is 99.3 cm³/mol. The van der Waals surface area contributed by atoms with E-state index in [4.69, 9.17) is 0 Å². The van der Waals surface area contributed by atoms with E-state index in [9.17, 15) is 13.2 Å². The molecule has 0 bridgehead atoms. The second-order valence-electron chi connectivity index (χ2n) is 8.25. The van der Waals surface area contributed by atoms with Gasteiger partial charge in [0, 0.05) is 31.9 Å². The highest BCUT2D eigenvalue weighted by Crippen LogP contribution is 2.40. The van der Waals surface area contributed by atoms with Crippen LogP contribution in [0.15, 0.2) is 17.2 Å². The molecule has 3 fully saturated rings. The molecule has 3 aliphatic rings. The number of H-pyrrole nitrogens is 1. The predicted octanol–water partition coefficient (Wildman–Crippen LogP) is 2.84. The first-order valence-corrected chi connectivity index (χ1v) is 11.4. The van der Waals surface area contributed by atoms with Crippen LogP contribution in [-0.2, 0) is 10.0 Å². The van der Waals surface area contributed by atoms with Gasteiger partial charge in [0.15, 0.2) is 0 Å². The maximum Gasteiger partial charge on any atom is 0.270 e. The Bertz CT molecular complexity index is 767. The molecule has 0 spiro atoms. The van der Waals surface area contributed by atoms with Crippen LogP contribution in [0.3, 0.4) is 0 Å². The van der Waals surface area contributed by atoms with Gasteiger partial charge in [0.25, 0.3) is 5.91 Å². The number of hydrogen-bond donors (Lipinski definition) is 1. The summed E-state index contributed by atoms with van der Waals surface area (Å²) in [5.74, 6) is 1.08. The van der Waals surface area contributed by atoms with Crippen molar-refractivity contribution in [1.82, 2.24) is 14.2 Å². The Balaban J connectivity index is 1.55. The molecule has 4 rings (SSSR count). The van der Waals surface area contributed by atoms with Gasteiger partial charge in [-0.15, -0.1) is 0 Å². The molecule has 1 saturated carbocycles. The topological polar surface area (TPSA) is 73.5 Å². The van der Waals surface area contributed by atoms with Crippen LogP contribution in [0.2, 0.25) is 0 Å². The molecule has 1 aliphatic carbocycles. The highest BCUT2D eigenvalue weighted by molar-refractivity contribution is 7.89. The number of hydrogen-bond acceptors (Lipinski definition) is 3. The number of amides is 1. The van der Waals surface area contributed by atoms with E-state index in [2.05, 4.69) is 11.9 Å². The number of fused-ring (bicyclic) bond motifs is 1. The van der Waals surface area contributed by atoms with E-state index >= 15 is 0 Å². The van der Waals surface area contributed by atoms with Gasteiger partial charge in [0.1, 0.15) is 10.6 Å². The van der Waals surface area contributed by atoms with Gasteiger partial charge in [0.05, 0.1) is 0 Å². The molecule has 144 valence electrons. The molecule has 1 N–H and O–H groups in total. The van der Waals surface area contributed by atoms with Crippen LogP contribution in [0.25, 0.3) is 0 Å². The largest absolute Gasteiger partial charge is 0.356 e. The summed E-state index contributed by atoms with van der Waals surface area (Å²) in [7, 11) is -3.55. The van der Waals surface area contributed by atoms with Gasteiger partial charge in [-0.3, -0.25) is 4.79 Å². The zero-order chi connectivity index (χ0) is 18.3. The number of aromatic nitrogens is 1. The lowest BCUT2D eigenvalue weighted by atomic mass is 9.75. The molecule has 2 saturated heterocycles. The van der Waals surface area contributed by atoms with Gasteiger partial charge < -0.3 is 9.88 Å². The van der Waals surface area contributed by atoms with Gasteiger partial charge in [-0.25, -0.2) is 8.42 Å². The molecule has 2 aliphatic heterocycles. The SMILES string of the molecule is C[C@@H]1CC[C@H]2[C@@H](CCCN2S(=O)(=O)c2c[nH]c(C(=O)N3CCCC3)c2)C1. The van der Waals surface area contributed by atoms with E-state index in [0.29, 0.717) is 24.1 Å². The Hall–Kier alpha value is -1.34. The first kappa shape index (κ1) is 18.0. The minimum Gasteiger partial charge on any atom is -0.356 e. The summed E-state index contributed by atoms with van der Waals surface area (Å²) in [6.07, 6.45) is 8.77. The van der Waals surface area contributed by atoms with E-state index in [1.807, 2.05) is 0 Å². The molecule has 26 heavy (non-hydrogen) atoms. The second kappa shape index (κ2) is 7.00. The number of rotatable bonds is 3. The number of carbonyl (C=O) groups excluding carboxylic acids is 1. The molecule has 0 aromatic carbocycles. The Morgan fingerprint density at radius 3 is 2.65 bits per heavy atom. The van der Waals surface area contributed by atoms with Crippen LogP contribution in [0.4, 0.5) is 0 Å². The second-order valence-corrected chi connectivity index (χ2v) is 10.1. The first-order chi connectivity index (χ1) is 12.5. The van der Waals surface area contributed by atoms with Crippen LogP contribution in [0.1, 0.15) is 62.4 Å². The third-order valence-corrected chi connectivity index (χ3v) is 8.32. The summed E-state index contributed by atoms with van der Waals surface area (Å²) < 4.78 is 28.2. The number of nitrogens with zero attached hydrogens (tertiary/aromatic N) is 2. The number of likely N-dealkylation sites (tertiary alicyclic amines) is 1. The average Bonchev–Trinajstić information content (AvgIpc) is 3.32. The lowest BCUT2D eigenvalue weighted by molar-refractivity contribution is 0.0787. The summed E-state index contributed by atoms with van der Waals surface area (Å²) in [5.41, 5.74) is 0.385. The fourth-order valence-electron chi connectivity index (χ4n) is 5.02. The van der Waals surface area contributed by atoms with Crippen LogP contribution in [0.5, 0.6) is 0 Å². The number of sulfonamides is 1. The number of carbonyl (C=O) groups is 1. The summed E-state index contributed by atoms with van der Waals surface area (Å²) in [6, 6.07) is 1.66. The number of piperidine rings is 1. The fraction of sp³-hybridized carbons (Fsp3) is 0.737. The van der Waals surface area contributed by atoms with Crippen LogP contribution >= 0.6 is 0 Å². The van der Waals surface area contributed by atoms with E-state index < -0.39 is 10.0 Å². The third kappa shape index (κ3) is 3.20. The van der Waals surface area contributed by atoms with Crippen molar-refractivity contribution in [1.29, 1.82) is 0 Å². The van der Waals surface area contributed by atoms with Gasteiger partial charge >= 0.3 is 0 Å². The molecule has 1 amide bonds. The lowest BCUT2D eigenvalue weighted by Crippen LogP contribution is -2.50. The fourth-order valence-corrected chi connectivity index (χ4v) is 6.77. The van der Waals surface area contributed by atoms with Crippen molar-refractivity contribution >= 4 is 15.9 Å².